The van der Waals surface area contributed by atoms with Crippen LogP contribution in [-0.4, -0.2) is 15.9 Å². The summed E-state index contributed by atoms with van der Waals surface area (Å²) in [6, 6.07) is 7.65. The van der Waals surface area contributed by atoms with Gasteiger partial charge in [0.05, 0.1) is 5.92 Å². The number of esters is 1. The molecule has 1 aromatic carbocycles. The van der Waals surface area contributed by atoms with Crippen LogP contribution < -0.4 is 4.74 Å². The van der Waals surface area contributed by atoms with Gasteiger partial charge in [-0.1, -0.05) is 110 Å². The van der Waals surface area contributed by atoms with Gasteiger partial charge in [-0.25, -0.2) is 9.97 Å². The van der Waals surface area contributed by atoms with Crippen molar-refractivity contribution in [2.45, 2.75) is 149 Å². The fourth-order valence-corrected chi connectivity index (χ4v) is 6.04. The van der Waals surface area contributed by atoms with Crippen molar-refractivity contribution in [3.8, 4) is 17.1 Å². The average molecular weight is 549 g/mol. The number of rotatable bonds is 20. The van der Waals surface area contributed by atoms with E-state index in [1.54, 1.807) is 0 Å². The minimum atomic E-state index is -0.0678. The zero-order chi connectivity index (χ0) is 28.3. The monoisotopic (exact) mass is 548 g/mol. The first kappa shape index (κ1) is 32.3. The average Bonchev–Trinajstić information content (AvgIpc) is 2.99. The van der Waals surface area contributed by atoms with Gasteiger partial charge >= 0.3 is 5.97 Å². The summed E-state index contributed by atoms with van der Waals surface area (Å²) in [5.41, 5.74) is 2.16. The number of ether oxygens (including phenoxy) is 1. The lowest BCUT2D eigenvalue weighted by molar-refractivity contribution is -0.140. The maximum Gasteiger partial charge on any atom is 0.314 e. The number of hydrogen-bond donors (Lipinski definition) is 0. The highest BCUT2D eigenvalue weighted by Gasteiger charge is 2.27. The van der Waals surface area contributed by atoms with E-state index in [1.165, 1.54) is 121 Å². The molecule has 0 radical (unpaired) electrons. The maximum absolute atomic E-state index is 12.8. The van der Waals surface area contributed by atoms with Crippen molar-refractivity contribution in [1.82, 2.24) is 9.97 Å². The molecule has 0 saturated heterocycles. The van der Waals surface area contributed by atoms with Crippen molar-refractivity contribution in [3.05, 3.63) is 42.2 Å². The van der Waals surface area contributed by atoms with E-state index >= 15 is 0 Å². The van der Waals surface area contributed by atoms with Gasteiger partial charge in [-0.3, -0.25) is 4.79 Å². The van der Waals surface area contributed by atoms with Crippen LogP contribution in [0.1, 0.15) is 148 Å². The van der Waals surface area contributed by atoms with E-state index in [9.17, 15) is 4.79 Å². The van der Waals surface area contributed by atoms with Crippen LogP contribution in [0.4, 0.5) is 0 Å². The minimum absolute atomic E-state index is 0.0439. The third kappa shape index (κ3) is 12.5. The van der Waals surface area contributed by atoms with Gasteiger partial charge in [-0.15, -0.1) is 0 Å². The highest BCUT2D eigenvalue weighted by atomic mass is 16.5. The van der Waals surface area contributed by atoms with Crippen LogP contribution in [0.3, 0.4) is 0 Å². The third-order valence-corrected chi connectivity index (χ3v) is 8.75. The number of benzene rings is 1. The predicted octanol–water partition coefficient (Wildman–Crippen LogP) is 10.7. The normalized spacial score (nSPS) is 17.1. The van der Waals surface area contributed by atoms with E-state index in [4.69, 9.17) is 4.74 Å². The van der Waals surface area contributed by atoms with Crippen LogP contribution in [-0.2, 0) is 11.2 Å². The third-order valence-electron chi connectivity index (χ3n) is 8.75. The summed E-state index contributed by atoms with van der Waals surface area (Å²) in [6.45, 7) is 4.54. The molecule has 1 heterocycles. The molecule has 40 heavy (non-hydrogen) atoms. The van der Waals surface area contributed by atoms with Gasteiger partial charge in [0.15, 0.2) is 5.82 Å². The number of hydrogen-bond acceptors (Lipinski definition) is 4. The van der Waals surface area contributed by atoms with Crippen molar-refractivity contribution in [2.24, 2.45) is 11.8 Å². The molecular weight excluding hydrogens is 492 g/mol. The lowest BCUT2D eigenvalue weighted by Gasteiger charge is -2.27. The Kier molecular flexibility index (Phi) is 16.0. The van der Waals surface area contributed by atoms with Crippen molar-refractivity contribution < 1.29 is 9.53 Å². The molecule has 0 atom stereocenters. The van der Waals surface area contributed by atoms with Crippen LogP contribution in [0.25, 0.3) is 11.4 Å². The van der Waals surface area contributed by atoms with Crippen molar-refractivity contribution in [2.75, 3.05) is 0 Å². The van der Waals surface area contributed by atoms with E-state index in [2.05, 4.69) is 23.8 Å². The van der Waals surface area contributed by atoms with Gasteiger partial charge in [0.2, 0.25) is 0 Å². The highest BCUT2D eigenvalue weighted by Crippen LogP contribution is 2.33. The molecule has 0 aliphatic heterocycles. The molecule has 1 aliphatic rings. The molecular formula is C36H56N2O2. The molecule has 4 heteroatoms. The number of unbranched alkanes of at least 4 members (excludes halogenated alkanes) is 13. The van der Waals surface area contributed by atoms with Gasteiger partial charge in [0.25, 0.3) is 0 Å². The second-order valence-corrected chi connectivity index (χ2v) is 12.2. The molecule has 1 saturated carbocycles. The van der Waals surface area contributed by atoms with E-state index in [-0.39, 0.29) is 11.9 Å². The van der Waals surface area contributed by atoms with E-state index in [0.29, 0.717) is 5.75 Å². The van der Waals surface area contributed by atoms with Crippen LogP contribution in [0, 0.1) is 11.8 Å². The topological polar surface area (TPSA) is 52.1 Å². The molecule has 1 fully saturated rings. The lowest BCUT2D eigenvalue weighted by atomic mass is 9.80. The summed E-state index contributed by atoms with van der Waals surface area (Å²) < 4.78 is 5.75. The molecule has 0 unspecified atom stereocenters. The smallest absolute Gasteiger partial charge is 0.314 e. The highest BCUT2D eigenvalue weighted by molar-refractivity contribution is 5.75. The van der Waals surface area contributed by atoms with Crippen molar-refractivity contribution in [1.29, 1.82) is 0 Å². The minimum Gasteiger partial charge on any atom is -0.426 e. The number of nitrogens with zero attached hydrogens (tertiary/aromatic N) is 2. The summed E-state index contributed by atoms with van der Waals surface area (Å²) in [5, 5.41) is 0. The largest absolute Gasteiger partial charge is 0.426 e. The maximum atomic E-state index is 12.8. The number of aryl methyl sites for hydroxylation is 1. The number of carbonyl (C=O) groups is 1. The van der Waals surface area contributed by atoms with E-state index in [0.717, 1.165) is 36.6 Å². The van der Waals surface area contributed by atoms with Gasteiger partial charge in [-0.05, 0) is 74.3 Å². The Morgan fingerprint density at radius 1 is 0.700 bits per heavy atom. The SMILES string of the molecule is CCCCCCCCCCCCc1cnc(-c2ccc(OC(=O)[C@H]3CC[C@H](CCCCCCC)CC3)cc2)nc1. The first-order valence-electron chi connectivity index (χ1n) is 16.8. The van der Waals surface area contributed by atoms with Crippen LogP contribution in [0.5, 0.6) is 5.75 Å². The Morgan fingerprint density at radius 2 is 1.23 bits per heavy atom. The molecule has 0 bridgehead atoms. The van der Waals surface area contributed by atoms with Gasteiger partial charge in [0.1, 0.15) is 5.75 Å². The molecule has 222 valence electrons. The Hall–Kier alpha value is -2.23. The Bertz CT molecular complexity index is 917. The predicted molar refractivity (Wildman–Crippen MR) is 167 cm³/mol. The first-order valence-corrected chi connectivity index (χ1v) is 16.8. The zero-order valence-electron chi connectivity index (χ0n) is 25.7. The number of carbonyl (C=O) groups excluding carboxylic acids is 1. The molecule has 2 aromatic rings. The molecule has 4 nitrogen and oxygen atoms in total. The fraction of sp³-hybridized carbons (Fsp3) is 0.694. The quantitative estimate of drug-likeness (QED) is 0.0938. The second kappa shape index (κ2) is 19.8. The van der Waals surface area contributed by atoms with Gasteiger partial charge in [0, 0.05) is 18.0 Å². The molecule has 3 rings (SSSR count). The number of aromatic nitrogens is 2. The fourth-order valence-electron chi connectivity index (χ4n) is 6.04. The lowest BCUT2D eigenvalue weighted by Crippen LogP contribution is -2.25. The van der Waals surface area contributed by atoms with Crippen LogP contribution >= 0.6 is 0 Å². The molecule has 1 aromatic heterocycles. The van der Waals surface area contributed by atoms with E-state index < -0.39 is 0 Å². The van der Waals surface area contributed by atoms with Crippen LogP contribution in [0.2, 0.25) is 0 Å². The molecule has 0 N–H and O–H groups in total. The van der Waals surface area contributed by atoms with Crippen molar-refractivity contribution >= 4 is 5.97 Å². The molecule has 1 aliphatic carbocycles. The summed E-state index contributed by atoms with van der Waals surface area (Å²) in [7, 11) is 0. The zero-order valence-corrected chi connectivity index (χ0v) is 25.7. The summed E-state index contributed by atoms with van der Waals surface area (Å²) in [4.78, 5) is 22.0. The summed E-state index contributed by atoms with van der Waals surface area (Å²) in [5.74, 6) is 2.11. The molecule has 0 spiro atoms. The summed E-state index contributed by atoms with van der Waals surface area (Å²) in [6.07, 6.45) is 30.8. The first-order chi connectivity index (χ1) is 19.7. The Morgan fingerprint density at radius 3 is 1.80 bits per heavy atom. The summed E-state index contributed by atoms with van der Waals surface area (Å²) >= 11 is 0. The van der Waals surface area contributed by atoms with Crippen molar-refractivity contribution in [3.63, 3.8) is 0 Å². The van der Waals surface area contributed by atoms with Crippen LogP contribution in [0.15, 0.2) is 36.7 Å². The Balaban J connectivity index is 1.30. The molecule has 0 amide bonds. The standard InChI is InChI=1S/C36H56N2O2/c1-3-5-7-9-10-11-12-13-15-17-19-31-28-37-35(38-29-31)32-24-26-34(27-25-32)40-36(39)33-22-20-30(21-23-33)18-16-14-8-6-4-2/h24-30,33H,3-23H2,1-2H3/t30-,33-. The van der Waals surface area contributed by atoms with E-state index in [1.807, 2.05) is 36.7 Å². The Labute approximate surface area is 245 Å². The van der Waals surface area contributed by atoms with Gasteiger partial charge in [-0.2, -0.15) is 0 Å². The van der Waals surface area contributed by atoms with Gasteiger partial charge < -0.3 is 4.74 Å². The second-order valence-electron chi connectivity index (χ2n) is 12.2.